The van der Waals surface area contributed by atoms with E-state index in [2.05, 4.69) is 36.1 Å². The largest absolute Gasteiger partial charge is 0.212 e. The summed E-state index contributed by atoms with van der Waals surface area (Å²) in [5, 5.41) is 5.20. The van der Waals surface area contributed by atoms with Crippen LogP contribution in [0.15, 0.2) is 12.1 Å². The van der Waals surface area contributed by atoms with Gasteiger partial charge in [0.1, 0.15) is 5.15 Å². The smallest absolute Gasteiger partial charge is 0.157 e. The Morgan fingerprint density at radius 1 is 1.42 bits per heavy atom. The second kappa shape index (κ2) is 5.12. The van der Waals surface area contributed by atoms with Crippen LogP contribution in [0, 0.1) is 5.92 Å². The summed E-state index contributed by atoms with van der Waals surface area (Å²) in [6.07, 6.45) is 5.96. The van der Waals surface area contributed by atoms with Crippen molar-refractivity contribution in [2.45, 2.75) is 51.9 Å². The lowest BCUT2D eigenvalue weighted by atomic mass is 9.80. The Labute approximate surface area is 119 Å². The Kier molecular flexibility index (Phi) is 3.48. The van der Waals surface area contributed by atoms with Crippen molar-refractivity contribution in [1.82, 2.24) is 14.6 Å². The van der Waals surface area contributed by atoms with E-state index in [1.54, 1.807) is 4.52 Å². The molecule has 3 rings (SSSR count). The average Bonchev–Trinajstić information content (AvgIpc) is 2.69. The Balaban J connectivity index is 1.94. The molecule has 1 fully saturated rings. The fraction of sp³-hybridized carbons (Fsp3) is 0.600. The summed E-state index contributed by atoms with van der Waals surface area (Å²) in [6, 6.07) is 4.21. The van der Waals surface area contributed by atoms with Crippen LogP contribution in [-0.4, -0.2) is 14.6 Å². The maximum Gasteiger partial charge on any atom is 0.157 e. The van der Waals surface area contributed by atoms with Gasteiger partial charge in [0.25, 0.3) is 0 Å². The van der Waals surface area contributed by atoms with Gasteiger partial charge in [-0.2, -0.15) is 0 Å². The lowest BCUT2D eigenvalue weighted by Crippen LogP contribution is -2.09. The molecule has 2 heterocycles. The van der Waals surface area contributed by atoms with Crippen molar-refractivity contribution >= 4 is 17.2 Å². The number of fused-ring (bicyclic) bond motifs is 1. The number of nitrogens with zero attached hydrogens (tertiary/aromatic N) is 3. The van der Waals surface area contributed by atoms with Gasteiger partial charge in [-0.1, -0.05) is 38.3 Å². The summed E-state index contributed by atoms with van der Waals surface area (Å²) in [5.74, 6) is 2.20. The minimum Gasteiger partial charge on any atom is -0.212 e. The van der Waals surface area contributed by atoms with Crippen molar-refractivity contribution in [3.8, 4) is 0 Å². The zero-order valence-electron chi connectivity index (χ0n) is 11.6. The van der Waals surface area contributed by atoms with Gasteiger partial charge in [-0.3, -0.25) is 0 Å². The number of rotatable bonds is 4. The molecule has 0 bridgehead atoms. The molecule has 1 aliphatic carbocycles. The summed E-state index contributed by atoms with van der Waals surface area (Å²) in [5.41, 5.74) is 2.22. The first kappa shape index (κ1) is 12.9. The van der Waals surface area contributed by atoms with Crippen LogP contribution in [0.3, 0.4) is 0 Å². The number of hydrogen-bond acceptors (Lipinski definition) is 2. The SMILES string of the molecule is CCC(C)Cc1nc2cc(C3CCC3)cc(Cl)n2n1. The summed E-state index contributed by atoms with van der Waals surface area (Å²) in [4.78, 5) is 4.63. The van der Waals surface area contributed by atoms with Crippen molar-refractivity contribution in [2.24, 2.45) is 5.92 Å². The van der Waals surface area contributed by atoms with E-state index in [1.807, 2.05) is 0 Å². The van der Waals surface area contributed by atoms with E-state index in [1.165, 1.54) is 24.8 Å². The first-order valence-corrected chi connectivity index (χ1v) is 7.60. The normalized spacial score (nSPS) is 17.6. The fourth-order valence-corrected chi connectivity index (χ4v) is 2.78. The van der Waals surface area contributed by atoms with Crippen LogP contribution in [-0.2, 0) is 6.42 Å². The molecule has 1 saturated carbocycles. The van der Waals surface area contributed by atoms with E-state index < -0.39 is 0 Å². The predicted molar refractivity (Wildman–Crippen MR) is 77.7 cm³/mol. The molecule has 2 aromatic heterocycles. The highest BCUT2D eigenvalue weighted by molar-refractivity contribution is 6.29. The fourth-order valence-electron chi connectivity index (χ4n) is 2.53. The van der Waals surface area contributed by atoms with Crippen LogP contribution in [0.25, 0.3) is 5.65 Å². The first-order chi connectivity index (χ1) is 9.17. The van der Waals surface area contributed by atoms with Gasteiger partial charge in [0.15, 0.2) is 11.5 Å². The molecule has 0 radical (unpaired) electrons. The first-order valence-electron chi connectivity index (χ1n) is 7.22. The van der Waals surface area contributed by atoms with Gasteiger partial charge < -0.3 is 0 Å². The number of pyridine rings is 1. The van der Waals surface area contributed by atoms with Crippen LogP contribution >= 0.6 is 11.6 Å². The van der Waals surface area contributed by atoms with Crippen molar-refractivity contribution in [3.63, 3.8) is 0 Å². The van der Waals surface area contributed by atoms with Gasteiger partial charge in [-0.25, -0.2) is 9.50 Å². The molecule has 2 aromatic rings. The van der Waals surface area contributed by atoms with Crippen LogP contribution in [0.1, 0.15) is 56.8 Å². The zero-order chi connectivity index (χ0) is 13.4. The van der Waals surface area contributed by atoms with Crippen molar-refractivity contribution in [1.29, 1.82) is 0 Å². The summed E-state index contributed by atoms with van der Waals surface area (Å²) in [6.45, 7) is 4.43. The van der Waals surface area contributed by atoms with Crippen LogP contribution in [0.2, 0.25) is 5.15 Å². The van der Waals surface area contributed by atoms with Crippen molar-refractivity contribution in [2.75, 3.05) is 0 Å². The molecule has 1 unspecified atom stereocenters. The molecule has 0 spiro atoms. The Bertz CT molecular complexity index is 586. The highest BCUT2D eigenvalue weighted by Gasteiger charge is 2.21. The molecule has 0 saturated heterocycles. The van der Waals surface area contributed by atoms with E-state index in [9.17, 15) is 0 Å². The van der Waals surface area contributed by atoms with E-state index in [0.717, 1.165) is 24.3 Å². The molecular formula is C15H20ClN3. The molecule has 3 nitrogen and oxygen atoms in total. The zero-order valence-corrected chi connectivity index (χ0v) is 12.3. The standard InChI is InChI=1S/C15H20ClN3/c1-3-10(2)7-14-17-15-9-12(11-5-4-6-11)8-13(16)19(15)18-14/h8-11H,3-7H2,1-2H3. The third kappa shape index (κ3) is 2.48. The summed E-state index contributed by atoms with van der Waals surface area (Å²) in [7, 11) is 0. The van der Waals surface area contributed by atoms with E-state index >= 15 is 0 Å². The molecular weight excluding hydrogens is 258 g/mol. The second-order valence-electron chi connectivity index (χ2n) is 5.75. The van der Waals surface area contributed by atoms with E-state index in [-0.39, 0.29) is 0 Å². The molecule has 0 aromatic carbocycles. The highest BCUT2D eigenvalue weighted by Crippen LogP contribution is 2.37. The summed E-state index contributed by atoms with van der Waals surface area (Å²) < 4.78 is 1.77. The van der Waals surface area contributed by atoms with Crippen LogP contribution < -0.4 is 0 Å². The number of aromatic nitrogens is 3. The topological polar surface area (TPSA) is 30.2 Å². The maximum absolute atomic E-state index is 6.33. The molecule has 1 atom stereocenters. The Morgan fingerprint density at radius 2 is 2.21 bits per heavy atom. The van der Waals surface area contributed by atoms with E-state index in [0.29, 0.717) is 17.0 Å². The second-order valence-corrected chi connectivity index (χ2v) is 6.14. The molecule has 0 N–H and O–H groups in total. The third-order valence-corrected chi connectivity index (χ3v) is 4.53. The molecule has 0 amide bonds. The van der Waals surface area contributed by atoms with Crippen molar-refractivity contribution in [3.05, 3.63) is 28.7 Å². The summed E-state index contributed by atoms with van der Waals surface area (Å²) >= 11 is 6.33. The lowest BCUT2D eigenvalue weighted by molar-refractivity contribution is 0.419. The minimum atomic E-state index is 0.613. The molecule has 0 aliphatic heterocycles. The van der Waals surface area contributed by atoms with Gasteiger partial charge in [-0.05, 0) is 42.4 Å². The van der Waals surface area contributed by atoms with Crippen LogP contribution in [0.5, 0.6) is 0 Å². The monoisotopic (exact) mass is 277 g/mol. The highest BCUT2D eigenvalue weighted by atomic mass is 35.5. The third-order valence-electron chi connectivity index (χ3n) is 4.26. The van der Waals surface area contributed by atoms with Crippen molar-refractivity contribution < 1.29 is 0 Å². The van der Waals surface area contributed by atoms with Gasteiger partial charge >= 0.3 is 0 Å². The Hall–Kier alpha value is -1.09. The van der Waals surface area contributed by atoms with Gasteiger partial charge in [0.2, 0.25) is 0 Å². The molecule has 4 heteroatoms. The van der Waals surface area contributed by atoms with Gasteiger partial charge in [0, 0.05) is 6.42 Å². The number of hydrogen-bond donors (Lipinski definition) is 0. The molecule has 102 valence electrons. The molecule has 1 aliphatic rings. The lowest BCUT2D eigenvalue weighted by Gasteiger charge is -2.25. The average molecular weight is 278 g/mol. The predicted octanol–water partition coefficient (Wildman–Crippen LogP) is 4.24. The Morgan fingerprint density at radius 3 is 2.84 bits per heavy atom. The van der Waals surface area contributed by atoms with Gasteiger partial charge in [0.05, 0.1) is 0 Å². The molecule has 19 heavy (non-hydrogen) atoms. The quantitative estimate of drug-likeness (QED) is 0.783. The maximum atomic E-state index is 6.33. The number of halogens is 1. The van der Waals surface area contributed by atoms with Crippen LogP contribution in [0.4, 0.5) is 0 Å². The minimum absolute atomic E-state index is 0.613. The van der Waals surface area contributed by atoms with Gasteiger partial charge in [-0.15, -0.1) is 5.10 Å². The van der Waals surface area contributed by atoms with E-state index in [4.69, 9.17) is 11.6 Å².